The minimum Gasteiger partial charge on any atom is -0.496 e. The first kappa shape index (κ1) is 29.6. The fourth-order valence-corrected chi connectivity index (χ4v) is 7.84. The molecule has 0 radical (unpaired) electrons. The van der Waals surface area contributed by atoms with E-state index in [1.807, 2.05) is 72.8 Å². The summed E-state index contributed by atoms with van der Waals surface area (Å²) in [5.74, 6) is -0.320. The van der Waals surface area contributed by atoms with Gasteiger partial charge < -0.3 is 10.1 Å². The van der Waals surface area contributed by atoms with Crippen molar-refractivity contribution in [2.75, 3.05) is 17.1 Å². The molecular weight excluding hydrogens is 613 g/mol. The Morgan fingerprint density at radius 3 is 2.35 bits per heavy atom. The van der Waals surface area contributed by atoms with Crippen LogP contribution in [0.25, 0.3) is 16.8 Å². The summed E-state index contributed by atoms with van der Waals surface area (Å²) >= 11 is 0. The number of methoxy groups -OCH3 is 1. The number of fused-ring (bicyclic) bond motifs is 3. The van der Waals surface area contributed by atoms with Gasteiger partial charge in [-0.15, -0.1) is 0 Å². The van der Waals surface area contributed by atoms with Crippen LogP contribution in [0.2, 0.25) is 0 Å². The molecule has 1 aliphatic carbocycles. The van der Waals surface area contributed by atoms with E-state index in [0.717, 1.165) is 57.5 Å². The van der Waals surface area contributed by atoms with E-state index in [2.05, 4.69) is 10.0 Å². The van der Waals surface area contributed by atoms with E-state index in [-0.39, 0.29) is 16.5 Å². The molecule has 2 unspecified atom stereocenters. The number of alkyl halides is 3. The zero-order valence-electron chi connectivity index (χ0n) is 24.4. The lowest BCUT2D eigenvalue weighted by Gasteiger charge is -2.35. The number of nitrogens with one attached hydrogen (secondary N) is 2. The van der Waals surface area contributed by atoms with Crippen LogP contribution in [0.3, 0.4) is 0 Å². The Bertz CT molecular complexity index is 2160. The van der Waals surface area contributed by atoms with Gasteiger partial charge in [-0.05, 0) is 82.6 Å². The number of benzene rings is 5. The van der Waals surface area contributed by atoms with E-state index >= 15 is 0 Å². The van der Waals surface area contributed by atoms with Gasteiger partial charge in [-0.25, -0.2) is 8.42 Å². The molecule has 46 heavy (non-hydrogen) atoms. The molecule has 0 bridgehead atoms. The lowest BCUT2D eigenvalue weighted by molar-refractivity contribution is -0.137. The molecule has 5 aromatic carbocycles. The van der Waals surface area contributed by atoms with Crippen LogP contribution in [-0.2, 0) is 32.8 Å². The summed E-state index contributed by atoms with van der Waals surface area (Å²) in [5, 5.41) is 4.87. The molecule has 0 saturated heterocycles. The number of ether oxygens (including phenoxy) is 1. The fourth-order valence-electron chi connectivity index (χ4n) is 6.74. The molecule has 0 saturated carbocycles. The standard InChI is InChI=1S/C36H27F3N2O4S/c1-45-32-17-10-23(27-7-3-4-8-28(27)32)21-35(19-18-22-6-2-5-9-30(22)35)33-29-20-26(15-16-31(29)40-34(33)42)46(43,44)41-25-13-11-24(12-14-25)36(37,38)39/h2-20,33,41H,21H2,1H3,(H,40,42). The highest BCUT2D eigenvalue weighted by Crippen LogP contribution is 2.53. The van der Waals surface area contributed by atoms with Crippen LogP contribution in [0.4, 0.5) is 24.5 Å². The first-order valence-corrected chi connectivity index (χ1v) is 16.0. The average Bonchev–Trinajstić information content (AvgIpc) is 3.57. The molecule has 0 spiro atoms. The molecular formula is C36H27F3N2O4S. The highest BCUT2D eigenvalue weighted by molar-refractivity contribution is 7.92. The Balaban J connectivity index is 1.32. The minimum absolute atomic E-state index is 0.0187. The van der Waals surface area contributed by atoms with Crippen molar-refractivity contribution in [1.82, 2.24) is 0 Å². The van der Waals surface area contributed by atoms with E-state index in [1.54, 1.807) is 13.2 Å². The Morgan fingerprint density at radius 2 is 1.61 bits per heavy atom. The molecule has 1 heterocycles. The SMILES string of the molecule is COc1ccc(CC2(C3C(=O)Nc4ccc(S(=O)(=O)Nc5ccc(C(F)(F)F)cc5)cc43)C=Cc3ccccc32)c2ccccc12. The molecule has 1 aliphatic heterocycles. The van der Waals surface area contributed by atoms with E-state index in [1.165, 1.54) is 12.1 Å². The van der Waals surface area contributed by atoms with Crippen molar-refractivity contribution in [2.24, 2.45) is 0 Å². The average molecular weight is 641 g/mol. The van der Waals surface area contributed by atoms with E-state index in [0.29, 0.717) is 17.7 Å². The smallest absolute Gasteiger partial charge is 0.416 e. The third-order valence-electron chi connectivity index (χ3n) is 8.84. The predicted octanol–water partition coefficient (Wildman–Crippen LogP) is 7.91. The molecule has 1 amide bonds. The van der Waals surface area contributed by atoms with Crippen molar-refractivity contribution in [1.29, 1.82) is 0 Å². The van der Waals surface area contributed by atoms with Crippen molar-refractivity contribution in [3.63, 3.8) is 0 Å². The summed E-state index contributed by atoms with van der Waals surface area (Å²) in [4.78, 5) is 13.8. The van der Waals surface area contributed by atoms with Gasteiger partial charge in [-0.2, -0.15) is 13.2 Å². The Morgan fingerprint density at radius 1 is 0.891 bits per heavy atom. The summed E-state index contributed by atoms with van der Waals surface area (Å²) in [6.07, 6.45) is -0.0760. The van der Waals surface area contributed by atoms with Gasteiger partial charge in [0.05, 0.1) is 23.5 Å². The number of carbonyl (C=O) groups excluding carboxylic acids is 1. The van der Waals surface area contributed by atoms with Gasteiger partial charge in [0.2, 0.25) is 5.91 Å². The van der Waals surface area contributed by atoms with Gasteiger partial charge in [0, 0.05) is 22.2 Å². The van der Waals surface area contributed by atoms with Crippen molar-refractivity contribution in [3.05, 3.63) is 137 Å². The monoisotopic (exact) mass is 640 g/mol. The molecule has 10 heteroatoms. The number of hydrogen-bond acceptors (Lipinski definition) is 4. The van der Waals surface area contributed by atoms with Gasteiger partial charge in [0.15, 0.2) is 0 Å². The van der Waals surface area contributed by atoms with Crippen LogP contribution in [0.15, 0.2) is 114 Å². The van der Waals surface area contributed by atoms with E-state index < -0.39 is 33.1 Å². The maximum absolute atomic E-state index is 13.9. The predicted molar refractivity (Wildman–Crippen MR) is 171 cm³/mol. The summed E-state index contributed by atoms with van der Waals surface area (Å²) < 4.78 is 74.1. The summed E-state index contributed by atoms with van der Waals surface area (Å²) in [6, 6.07) is 27.8. The number of hydrogen-bond donors (Lipinski definition) is 2. The van der Waals surface area contributed by atoms with Crippen molar-refractivity contribution in [2.45, 2.75) is 28.8 Å². The largest absolute Gasteiger partial charge is 0.496 e. The molecule has 2 aliphatic rings. The maximum Gasteiger partial charge on any atom is 0.416 e. The van der Waals surface area contributed by atoms with Crippen molar-refractivity contribution >= 4 is 44.2 Å². The van der Waals surface area contributed by atoms with Crippen LogP contribution >= 0.6 is 0 Å². The Kier molecular flexibility index (Phi) is 6.93. The highest BCUT2D eigenvalue weighted by atomic mass is 32.2. The zero-order valence-corrected chi connectivity index (χ0v) is 25.2. The summed E-state index contributed by atoms with van der Waals surface area (Å²) in [5.41, 5.74) is 2.14. The van der Waals surface area contributed by atoms with Crippen molar-refractivity contribution < 1.29 is 31.1 Å². The number of anilines is 2. The molecule has 0 fully saturated rings. The van der Waals surface area contributed by atoms with Gasteiger partial charge in [0.1, 0.15) is 5.75 Å². The third-order valence-corrected chi connectivity index (χ3v) is 10.2. The van der Waals surface area contributed by atoms with Crippen molar-refractivity contribution in [3.8, 4) is 5.75 Å². The van der Waals surface area contributed by atoms with Crippen LogP contribution < -0.4 is 14.8 Å². The number of sulfonamides is 1. The van der Waals surface area contributed by atoms with Crippen LogP contribution in [0.1, 0.15) is 33.7 Å². The number of rotatable bonds is 7. The number of allylic oxidation sites excluding steroid dienone is 1. The first-order chi connectivity index (χ1) is 22.0. The zero-order chi connectivity index (χ0) is 32.3. The maximum atomic E-state index is 13.9. The van der Waals surface area contributed by atoms with Gasteiger partial charge in [-0.3, -0.25) is 9.52 Å². The van der Waals surface area contributed by atoms with Gasteiger partial charge in [-0.1, -0.05) is 66.7 Å². The highest BCUT2D eigenvalue weighted by Gasteiger charge is 2.50. The Hall–Kier alpha value is -5.09. The molecule has 0 aromatic heterocycles. The van der Waals surface area contributed by atoms with Gasteiger partial charge >= 0.3 is 6.18 Å². The van der Waals surface area contributed by atoms with Crippen LogP contribution in [0.5, 0.6) is 5.75 Å². The van der Waals surface area contributed by atoms with E-state index in [4.69, 9.17) is 4.74 Å². The number of amides is 1. The topological polar surface area (TPSA) is 84.5 Å². The second-order valence-electron chi connectivity index (χ2n) is 11.5. The number of halogens is 3. The fraction of sp³-hybridized carbons (Fsp3) is 0.139. The minimum atomic E-state index is -4.55. The summed E-state index contributed by atoms with van der Waals surface area (Å²) in [7, 11) is -2.60. The van der Waals surface area contributed by atoms with Crippen LogP contribution in [0, 0.1) is 0 Å². The summed E-state index contributed by atoms with van der Waals surface area (Å²) in [6.45, 7) is 0. The quantitative estimate of drug-likeness (QED) is 0.189. The molecule has 232 valence electrons. The number of carbonyl (C=O) groups is 1. The lowest BCUT2D eigenvalue weighted by atomic mass is 9.65. The molecule has 7 rings (SSSR count). The Labute approximate surface area is 263 Å². The molecule has 2 atom stereocenters. The third kappa shape index (κ3) is 4.89. The lowest BCUT2D eigenvalue weighted by Crippen LogP contribution is -2.37. The normalized spacial score (nSPS) is 18.7. The van der Waals surface area contributed by atoms with Gasteiger partial charge in [0.25, 0.3) is 10.0 Å². The second-order valence-corrected chi connectivity index (χ2v) is 13.1. The first-order valence-electron chi connectivity index (χ1n) is 14.5. The van der Waals surface area contributed by atoms with E-state index in [9.17, 15) is 26.4 Å². The second kappa shape index (κ2) is 10.8. The van der Waals surface area contributed by atoms with Crippen LogP contribution in [-0.4, -0.2) is 21.4 Å². The molecule has 5 aromatic rings. The molecule has 2 N–H and O–H groups in total. The molecule has 6 nitrogen and oxygen atoms in total.